The number of hydrogen-bond acceptors (Lipinski definition) is 3. The lowest BCUT2D eigenvalue weighted by Crippen LogP contribution is -2.18. The van der Waals surface area contributed by atoms with Crippen molar-refractivity contribution in [3.8, 4) is 0 Å². The summed E-state index contributed by atoms with van der Waals surface area (Å²) in [6.07, 6.45) is 3.58. The number of oxime groups is 1. The molecule has 1 aromatic heterocycles. The van der Waals surface area contributed by atoms with Crippen molar-refractivity contribution in [1.29, 1.82) is 0 Å². The van der Waals surface area contributed by atoms with Crippen molar-refractivity contribution >= 4 is 11.8 Å². The third-order valence-electron chi connectivity index (χ3n) is 2.44. The smallest absolute Gasteiger partial charge is 0.339 e. The Kier molecular flexibility index (Phi) is 4.23. The molecule has 0 radical (unpaired) electrons. The summed E-state index contributed by atoms with van der Waals surface area (Å²) in [5.74, 6) is -0.299. The van der Waals surface area contributed by atoms with Gasteiger partial charge in [0.05, 0.1) is 12.0 Å². The highest BCUT2D eigenvalue weighted by atomic mass is 16.7. The van der Waals surface area contributed by atoms with Crippen LogP contribution in [0.2, 0.25) is 0 Å². The van der Waals surface area contributed by atoms with E-state index >= 15 is 0 Å². The van der Waals surface area contributed by atoms with Crippen LogP contribution in [0.15, 0.2) is 60.0 Å². The van der Waals surface area contributed by atoms with E-state index in [9.17, 15) is 4.79 Å². The molecule has 5 nitrogen and oxygen atoms in total. The maximum Gasteiger partial charge on any atom is 0.339 e. The zero-order chi connectivity index (χ0) is 13.5. The SMILES string of the molecule is NC(=NOC(=O)Cc1ccccc1)c1ccc[nH+]c1. The van der Waals surface area contributed by atoms with Crippen LogP contribution < -0.4 is 10.7 Å². The number of amidine groups is 1. The van der Waals surface area contributed by atoms with Crippen LogP contribution in [-0.4, -0.2) is 11.8 Å². The van der Waals surface area contributed by atoms with Crippen molar-refractivity contribution in [3.63, 3.8) is 0 Å². The predicted octanol–water partition coefficient (Wildman–Crippen LogP) is 0.907. The zero-order valence-corrected chi connectivity index (χ0v) is 10.2. The first kappa shape index (κ1) is 12.8. The van der Waals surface area contributed by atoms with E-state index in [1.165, 1.54) is 0 Å². The van der Waals surface area contributed by atoms with Crippen molar-refractivity contribution in [1.82, 2.24) is 0 Å². The molecule has 1 aromatic carbocycles. The molecule has 0 spiro atoms. The summed E-state index contributed by atoms with van der Waals surface area (Å²) in [5.41, 5.74) is 7.22. The fourth-order valence-corrected chi connectivity index (χ4v) is 1.50. The topological polar surface area (TPSA) is 78.8 Å². The molecule has 0 aliphatic heterocycles. The number of rotatable bonds is 4. The second-order valence-corrected chi connectivity index (χ2v) is 3.89. The first-order valence-electron chi connectivity index (χ1n) is 5.79. The highest BCUT2D eigenvalue weighted by molar-refractivity contribution is 5.96. The number of aromatic nitrogens is 1. The van der Waals surface area contributed by atoms with Gasteiger partial charge < -0.3 is 10.6 Å². The number of carbonyl (C=O) groups excluding carboxylic acids is 1. The molecular weight excluding hydrogens is 242 g/mol. The lowest BCUT2D eigenvalue weighted by Gasteiger charge is -2.00. The van der Waals surface area contributed by atoms with Crippen molar-refractivity contribution in [3.05, 3.63) is 66.0 Å². The van der Waals surface area contributed by atoms with Gasteiger partial charge in [0.15, 0.2) is 18.2 Å². The monoisotopic (exact) mass is 256 g/mol. The quantitative estimate of drug-likeness (QED) is 0.382. The van der Waals surface area contributed by atoms with E-state index in [2.05, 4.69) is 10.1 Å². The molecule has 2 rings (SSSR count). The molecule has 0 unspecified atom stereocenters. The summed E-state index contributed by atoms with van der Waals surface area (Å²) in [4.78, 5) is 19.2. The van der Waals surface area contributed by atoms with E-state index in [1.807, 2.05) is 30.3 Å². The molecule has 3 N–H and O–H groups in total. The molecule has 2 aromatic rings. The molecule has 19 heavy (non-hydrogen) atoms. The van der Waals surface area contributed by atoms with Gasteiger partial charge in [0, 0.05) is 6.07 Å². The van der Waals surface area contributed by atoms with Gasteiger partial charge in [-0.3, -0.25) is 0 Å². The van der Waals surface area contributed by atoms with Gasteiger partial charge in [0.2, 0.25) is 0 Å². The van der Waals surface area contributed by atoms with Crippen LogP contribution in [-0.2, 0) is 16.1 Å². The highest BCUT2D eigenvalue weighted by Gasteiger charge is 2.06. The van der Waals surface area contributed by atoms with Gasteiger partial charge in [0.1, 0.15) is 0 Å². The van der Waals surface area contributed by atoms with E-state index in [-0.39, 0.29) is 12.3 Å². The van der Waals surface area contributed by atoms with Gasteiger partial charge in [-0.1, -0.05) is 35.5 Å². The van der Waals surface area contributed by atoms with Crippen LogP contribution in [0.3, 0.4) is 0 Å². The van der Waals surface area contributed by atoms with Crippen molar-refractivity contribution in [2.24, 2.45) is 10.9 Å². The third kappa shape index (κ3) is 3.92. The maximum atomic E-state index is 11.6. The number of carbonyl (C=O) groups is 1. The van der Waals surface area contributed by atoms with Crippen LogP contribution in [0.5, 0.6) is 0 Å². The summed E-state index contributed by atoms with van der Waals surface area (Å²) in [5, 5.41) is 3.62. The Hall–Kier alpha value is -2.69. The minimum atomic E-state index is -0.450. The fraction of sp³-hybridized carbons (Fsp3) is 0.0714. The van der Waals surface area contributed by atoms with E-state index in [1.54, 1.807) is 24.5 Å². The molecule has 0 aliphatic rings. The van der Waals surface area contributed by atoms with Crippen molar-refractivity contribution in [2.75, 3.05) is 0 Å². The number of nitrogens with one attached hydrogen (secondary N) is 1. The van der Waals surface area contributed by atoms with E-state index < -0.39 is 5.97 Å². The van der Waals surface area contributed by atoms with Gasteiger partial charge in [0.25, 0.3) is 0 Å². The molecule has 1 heterocycles. The van der Waals surface area contributed by atoms with Gasteiger partial charge in [-0.25, -0.2) is 9.78 Å². The lowest BCUT2D eigenvalue weighted by atomic mass is 10.2. The molecule has 0 bridgehead atoms. The predicted molar refractivity (Wildman–Crippen MR) is 70.0 cm³/mol. The van der Waals surface area contributed by atoms with Crippen LogP contribution in [0.1, 0.15) is 11.1 Å². The zero-order valence-electron chi connectivity index (χ0n) is 10.2. The normalized spacial score (nSPS) is 11.1. The second-order valence-electron chi connectivity index (χ2n) is 3.89. The van der Waals surface area contributed by atoms with Gasteiger partial charge >= 0.3 is 5.97 Å². The Labute approximate surface area is 110 Å². The number of aromatic amines is 1. The largest absolute Gasteiger partial charge is 0.380 e. The first-order valence-corrected chi connectivity index (χ1v) is 5.79. The number of hydrogen-bond donors (Lipinski definition) is 1. The fourth-order valence-electron chi connectivity index (χ4n) is 1.50. The second kappa shape index (κ2) is 6.30. The third-order valence-corrected chi connectivity index (χ3v) is 2.44. The minimum Gasteiger partial charge on any atom is -0.380 e. The summed E-state index contributed by atoms with van der Waals surface area (Å²) < 4.78 is 0. The Morgan fingerprint density at radius 2 is 2.00 bits per heavy atom. The molecule has 0 aliphatic carbocycles. The molecule has 96 valence electrons. The molecule has 5 heteroatoms. The summed E-state index contributed by atoms with van der Waals surface area (Å²) in [6.45, 7) is 0. The average Bonchev–Trinajstić information content (AvgIpc) is 2.47. The van der Waals surface area contributed by atoms with Crippen LogP contribution in [0, 0.1) is 0 Å². The molecule has 0 amide bonds. The Morgan fingerprint density at radius 1 is 1.21 bits per heavy atom. The van der Waals surface area contributed by atoms with Crippen molar-refractivity contribution in [2.45, 2.75) is 6.42 Å². The van der Waals surface area contributed by atoms with Gasteiger partial charge in [-0.2, -0.15) is 0 Å². The standard InChI is InChI=1S/C14H13N3O2/c15-14(12-7-4-8-16-10-12)17-19-13(18)9-11-5-2-1-3-6-11/h1-8,10H,9H2,(H2,15,17)/p+1. The first-order chi connectivity index (χ1) is 9.25. The summed E-state index contributed by atoms with van der Waals surface area (Å²) in [6, 6.07) is 12.8. The summed E-state index contributed by atoms with van der Waals surface area (Å²) in [7, 11) is 0. The minimum absolute atomic E-state index is 0.151. The van der Waals surface area contributed by atoms with Crippen LogP contribution in [0.4, 0.5) is 0 Å². The Morgan fingerprint density at radius 3 is 2.68 bits per heavy atom. The average molecular weight is 256 g/mol. The number of nitrogens with two attached hydrogens (primary N) is 1. The molecule has 0 saturated heterocycles. The number of benzene rings is 1. The maximum absolute atomic E-state index is 11.6. The molecular formula is C14H14N3O2+. The lowest BCUT2D eigenvalue weighted by molar-refractivity contribution is -0.378. The van der Waals surface area contributed by atoms with E-state index in [4.69, 9.17) is 10.6 Å². The van der Waals surface area contributed by atoms with E-state index in [0.717, 1.165) is 5.56 Å². The Balaban J connectivity index is 1.93. The molecule has 0 saturated carbocycles. The summed E-state index contributed by atoms with van der Waals surface area (Å²) >= 11 is 0. The molecule has 0 fully saturated rings. The number of pyridine rings is 1. The van der Waals surface area contributed by atoms with Gasteiger partial charge in [-0.15, -0.1) is 0 Å². The highest BCUT2D eigenvalue weighted by Crippen LogP contribution is 2.01. The van der Waals surface area contributed by atoms with Crippen LogP contribution in [0.25, 0.3) is 0 Å². The number of H-pyrrole nitrogens is 1. The van der Waals surface area contributed by atoms with Gasteiger partial charge in [-0.05, 0) is 11.6 Å². The van der Waals surface area contributed by atoms with E-state index in [0.29, 0.717) is 5.56 Å². The molecule has 0 atom stereocenters. The van der Waals surface area contributed by atoms with Crippen LogP contribution >= 0.6 is 0 Å². The number of nitrogens with zero attached hydrogens (tertiary/aromatic N) is 1. The Bertz CT molecular complexity index is 568. The van der Waals surface area contributed by atoms with Crippen molar-refractivity contribution < 1.29 is 14.6 Å².